The summed E-state index contributed by atoms with van der Waals surface area (Å²) in [4.78, 5) is 18.5. The van der Waals surface area contributed by atoms with E-state index in [4.69, 9.17) is 4.74 Å². The molecular weight excluding hydrogens is 368 g/mol. The molecule has 2 aliphatic heterocycles. The summed E-state index contributed by atoms with van der Waals surface area (Å²) in [5.74, 6) is 0.610. The van der Waals surface area contributed by atoms with Gasteiger partial charge in [0.05, 0.1) is 19.5 Å². The lowest BCUT2D eigenvalue weighted by atomic mass is 9.55. The van der Waals surface area contributed by atoms with Crippen LogP contribution in [-0.4, -0.2) is 72.5 Å². The zero-order valence-electron chi connectivity index (χ0n) is 15.8. The van der Waals surface area contributed by atoms with Gasteiger partial charge in [-0.1, -0.05) is 0 Å². The molecule has 0 radical (unpaired) electrons. The number of piperidine rings is 1. The smallest absolute Gasteiger partial charge is 0.262 e. The zero-order chi connectivity index (χ0) is 19.1. The Bertz CT molecular complexity index is 792. The quantitative estimate of drug-likeness (QED) is 0.753. The molecule has 1 spiro atoms. The molecule has 0 N–H and O–H groups in total. The van der Waals surface area contributed by atoms with Gasteiger partial charge in [-0.25, -0.2) is 13.4 Å². The van der Waals surface area contributed by atoms with Gasteiger partial charge in [-0.3, -0.25) is 4.79 Å². The Labute approximate surface area is 160 Å². The summed E-state index contributed by atoms with van der Waals surface area (Å²) in [7, 11) is -1.76. The highest BCUT2D eigenvalue weighted by molar-refractivity contribution is 7.89. The maximum Gasteiger partial charge on any atom is 0.262 e. The summed E-state index contributed by atoms with van der Waals surface area (Å²) in [6, 6.07) is 0. The lowest BCUT2D eigenvalue weighted by Crippen LogP contribution is -2.52. The summed E-state index contributed by atoms with van der Waals surface area (Å²) < 4.78 is 34.1. The van der Waals surface area contributed by atoms with Gasteiger partial charge in [-0.2, -0.15) is 4.31 Å². The Kier molecular flexibility index (Phi) is 5.02. The molecule has 8 nitrogen and oxygen atoms in total. The molecule has 3 aliphatic rings. The van der Waals surface area contributed by atoms with Gasteiger partial charge in [0.15, 0.2) is 5.03 Å². The molecule has 1 unspecified atom stereocenters. The molecule has 1 amide bonds. The summed E-state index contributed by atoms with van der Waals surface area (Å²) >= 11 is 0. The Balaban J connectivity index is 1.36. The van der Waals surface area contributed by atoms with Crippen LogP contribution in [0.1, 0.15) is 32.1 Å². The van der Waals surface area contributed by atoms with E-state index in [9.17, 15) is 13.2 Å². The SMILES string of the molecule is Cn1cnc(S(=O)(=O)N2CCC3(CCC3CC(=O)N3CCOCC3)CC2)c1. The van der Waals surface area contributed by atoms with Gasteiger partial charge >= 0.3 is 0 Å². The lowest BCUT2D eigenvalue weighted by Gasteiger charge is -2.54. The number of amides is 1. The molecule has 3 heterocycles. The number of imidazole rings is 1. The molecule has 1 atom stereocenters. The third kappa shape index (κ3) is 3.52. The van der Waals surface area contributed by atoms with Crippen LogP contribution in [0.2, 0.25) is 0 Å². The second-order valence-corrected chi connectivity index (χ2v) is 9.96. The molecule has 9 heteroatoms. The summed E-state index contributed by atoms with van der Waals surface area (Å²) in [5.41, 5.74) is 0.137. The number of sulfonamides is 1. The fraction of sp³-hybridized carbons (Fsp3) is 0.778. The van der Waals surface area contributed by atoms with Crippen molar-refractivity contribution in [1.82, 2.24) is 18.8 Å². The molecule has 1 aliphatic carbocycles. The first-order valence-electron chi connectivity index (χ1n) is 9.74. The highest BCUT2D eigenvalue weighted by Gasteiger charge is 2.50. The Morgan fingerprint density at radius 2 is 1.93 bits per heavy atom. The topological polar surface area (TPSA) is 84.7 Å². The number of nitrogens with zero attached hydrogens (tertiary/aromatic N) is 4. The predicted octanol–water partition coefficient (Wildman–Crippen LogP) is 0.850. The van der Waals surface area contributed by atoms with E-state index in [2.05, 4.69) is 4.98 Å². The number of hydrogen-bond acceptors (Lipinski definition) is 5. The van der Waals surface area contributed by atoms with Gasteiger partial charge in [-0.05, 0) is 37.0 Å². The monoisotopic (exact) mass is 396 g/mol. The van der Waals surface area contributed by atoms with Gasteiger partial charge in [0, 0.05) is 45.8 Å². The first-order chi connectivity index (χ1) is 12.9. The number of morpholine rings is 1. The standard InChI is InChI=1S/C18H28N4O4S/c1-20-13-16(19-14-20)27(24,25)22-6-4-18(5-7-22)3-2-15(18)12-17(23)21-8-10-26-11-9-21/h13-15H,2-12H2,1H3. The minimum Gasteiger partial charge on any atom is -0.378 e. The average molecular weight is 397 g/mol. The van der Waals surface area contributed by atoms with Gasteiger partial charge in [0.1, 0.15) is 0 Å². The van der Waals surface area contributed by atoms with Crippen LogP contribution in [0.4, 0.5) is 0 Å². The second kappa shape index (κ2) is 7.18. The van der Waals surface area contributed by atoms with Crippen molar-refractivity contribution in [2.24, 2.45) is 18.4 Å². The summed E-state index contributed by atoms with van der Waals surface area (Å²) in [6.45, 7) is 3.66. The molecule has 1 saturated carbocycles. The van der Waals surface area contributed by atoms with Crippen molar-refractivity contribution in [1.29, 1.82) is 0 Å². The van der Waals surface area contributed by atoms with Crippen molar-refractivity contribution in [3.8, 4) is 0 Å². The van der Waals surface area contributed by atoms with E-state index in [1.165, 1.54) is 6.33 Å². The van der Waals surface area contributed by atoms with Crippen molar-refractivity contribution in [2.75, 3.05) is 39.4 Å². The Hall–Kier alpha value is -1.45. The van der Waals surface area contributed by atoms with Crippen molar-refractivity contribution in [3.05, 3.63) is 12.5 Å². The second-order valence-electron chi connectivity index (χ2n) is 8.08. The molecule has 1 aromatic heterocycles. The van der Waals surface area contributed by atoms with Crippen molar-refractivity contribution in [3.63, 3.8) is 0 Å². The molecule has 0 bridgehead atoms. The van der Waals surface area contributed by atoms with E-state index < -0.39 is 10.0 Å². The molecule has 4 rings (SSSR count). The third-order valence-electron chi connectivity index (χ3n) is 6.65. The van der Waals surface area contributed by atoms with E-state index in [0.717, 1.165) is 25.7 Å². The molecular formula is C18H28N4O4S. The van der Waals surface area contributed by atoms with Crippen molar-refractivity contribution in [2.45, 2.75) is 37.1 Å². The average Bonchev–Trinajstić information content (AvgIpc) is 3.13. The molecule has 0 aromatic carbocycles. The third-order valence-corrected chi connectivity index (χ3v) is 8.43. The fourth-order valence-electron chi connectivity index (χ4n) is 4.71. The van der Waals surface area contributed by atoms with Gasteiger partial charge in [0.2, 0.25) is 5.91 Å². The predicted molar refractivity (Wildman–Crippen MR) is 98.4 cm³/mol. The number of rotatable bonds is 4. The molecule has 27 heavy (non-hydrogen) atoms. The lowest BCUT2D eigenvalue weighted by molar-refractivity contribution is -0.140. The van der Waals surface area contributed by atoms with Crippen molar-refractivity contribution >= 4 is 15.9 Å². The summed E-state index contributed by atoms with van der Waals surface area (Å²) in [5, 5.41) is 0.119. The van der Waals surface area contributed by atoms with Crippen LogP contribution >= 0.6 is 0 Å². The van der Waals surface area contributed by atoms with E-state index in [1.807, 2.05) is 4.90 Å². The first kappa shape index (κ1) is 18.9. The minimum atomic E-state index is -3.52. The van der Waals surface area contributed by atoms with E-state index >= 15 is 0 Å². The number of ether oxygens (including phenoxy) is 1. The molecule has 150 valence electrons. The van der Waals surface area contributed by atoms with Gasteiger partial charge in [-0.15, -0.1) is 0 Å². The van der Waals surface area contributed by atoms with Crippen LogP contribution in [0.3, 0.4) is 0 Å². The Morgan fingerprint density at radius 3 is 2.48 bits per heavy atom. The Morgan fingerprint density at radius 1 is 1.22 bits per heavy atom. The number of carbonyl (C=O) groups excluding carboxylic acids is 1. The van der Waals surface area contributed by atoms with Crippen LogP contribution in [0.5, 0.6) is 0 Å². The number of aromatic nitrogens is 2. The number of hydrogen-bond donors (Lipinski definition) is 0. The van der Waals surface area contributed by atoms with E-state index in [0.29, 0.717) is 51.7 Å². The largest absolute Gasteiger partial charge is 0.378 e. The van der Waals surface area contributed by atoms with E-state index in [-0.39, 0.29) is 16.3 Å². The van der Waals surface area contributed by atoms with Crippen LogP contribution in [0.15, 0.2) is 17.6 Å². The minimum absolute atomic E-state index is 0.119. The molecule has 2 saturated heterocycles. The van der Waals surface area contributed by atoms with Crippen molar-refractivity contribution < 1.29 is 17.9 Å². The number of carbonyl (C=O) groups is 1. The summed E-state index contributed by atoms with van der Waals surface area (Å²) in [6.07, 6.45) is 7.49. The first-order valence-corrected chi connectivity index (χ1v) is 11.2. The van der Waals surface area contributed by atoms with Crippen LogP contribution in [-0.2, 0) is 26.6 Å². The maximum absolute atomic E-state index is 12.8. The normalized spacial score (nSPS) is 26.1. The van der Waals surface area contributed by atoms with Crippen LogP contribution < -0.4 is 0 Å². The van der Waals surface area contributed by atoms with E-state index in [1.54, 1.807) is 22.1 Å². The van der Waals surface area contributed by atoms with Crippen LogP contribution in [0, 0.1) is 11.3 Å². The number of aryl methyl sites for hydroxylation is 1. The molecule has 3 fully saturated rings. The maximum atomic E-state index is 12.8. The van der Waals surface area contributed by atoms with Gasteiger partial charge in [0.25, 0.3) is 10.0 Å². The van der Waals surface area contributed by atoms with Crippen LogP contribution in [0.25, 0.3) is 0 Å². The molecule has 1 aromatic rings. The fourth-order valence-corrected chi connectivity index (χ4v) is 6.12. The van der Waals surface area contributed by atoms with Gasteiger partial charge < -0.3 is 14.2 Å². The highest BCUT2D eigenvalue weighted by atomic mass is 32.2. The zero-order valence-corrected chi connectivity index (χ0v) is 16.7. The highest BCUT2D eigenvalue weighted by Crippen LogP contribution is 2.55.